The summed E-state index contributed by atoms with van der Waals surface area (Å²) in [5.41, 5.74) is 0. The Morgan fingerprint density at radius 1 is 1.50 bits per heavy atom. The number of hydrogen-bond donors (Lipinski definition) is 2. The average molecular weight is 242 g/mol. The van der Waals surface area contributed by atoms with Crippen molar-refractivity contribution in [3.63, 3.8) is 0 Å². The summed E-state index contributed by atoms with van der Waals surface area (Å²) in [5, 5.41) is 3.69. The highest BCUT2D eigenvalue weighted by Gasteiger charge is 2.34. The van der Waals surface area contributed by atoms with E-state index in [0.717, 1.165) is 0 Å². The standard InChI is InChI=1S/C9H14N4O2S/c10-13-6-5-11-7-9(13)16(14,15)8-3-1-2-4-12-8/h1-4,9,11H,5-7,10H2. The Bertz CT molecular complexity index is 448. The zero-order chi connectivity index (χ0) is 11.6. The van der Waals surface area contributed by atoms with Gasteiger partial charge in [-0.15, -0.1) is 0 Å². The fourth-order valence-electron chi connectivity index (χ4n) is 1.64. The van der Waals surface area contributed by atoms with Crippen LogP contribution in [0.2, 0.25) is 0 Å². The minimum Gasteiger partial charge on any atom is -0.313 e. The molecule has 7 heteroatoms. The van der Waals surface area contributed by atoms with Gasteiger partial charge in [-0.25, -0.2) is 18.4 Å². The molecule has 0 spiro atoms. The number of hydrazine groups is 1. The van der Waals surface area contributed by atoms with E-state index in [1.165, 1.54) is 17.3 Å². The van der Waals surface area contributed by atoms with E-state index in [-0.39, 0.29) is 5.03 Å². The van der Waals surface area contributed by atoms with Crippen LogP contribution >= 0.6 is 0 Å². The maximum absolute atomic E-state index is 12.2. The summed E-state index contributed by atoms with van der Waals surface area (Å²) < 4.78 is 24.3. The highest BCUT2D eigenvalue weighted by molar-refractivity contribution is 7.92. The van der Waals surface area contributed by atoms with Crippen LogP contribution in [0, 0.1) is 0 Å². The second-order valence-electron chi connectivity index (χ2n) is 3.61. The van der Waals surface area contributed by atoms with Crippen LogP contribution < -0.4 is 11.2 Å². The highest BCUT2D eigenvalue weighted by Crippen LogP contribution is 2.15. The molecule has 1 aliphatic rings. The third-order valence-corrected chi connectivity index (χ3v) is 4.50. The molecule has 16 heavy (non-hydrogen) atoms. The number of pyridine rings is 1. The minimum absolute atomic E-state index is 0.0687. The van der Waals surface area contributed by atoms with Gasteiger partial charge in [0.15, 0.2) is 5.03 Å². The van der Waals surface area contributed by atoms with Crippen molar-refractivity contribution in [2.45, 2.75) is 10.4 Å². The van der Waals surface area contributed by atoms with E-state index in [1.807, 2.05) is 0 Å². The van der Waals surface area contributed by atoms with E-state index in [9.17, 15) is 8.42 Å². The van der Waals surface area contributed by atoms with Crippen LogP contribution in [-0.2, 0) is 9.84 Å². The molecule has 0 radical (unpaired) electrons. The Balaban J connectivity index is 2.32. The summed E-state index contributed by atoms with van der Waals surface area (Å²) in [6.45, 7) is 1.54. The topological polar surface area (TPSA) is 88.3 Å². The van der Waals surface area contributed by atoms with Gasteiger partial charge in [-0.1, -0.05) is 6.07 Å². The number of piperazine rings is 1. The van der Waals surface area contributed by atoms with Crippen molar-refractivity contribution in [3.05, 3.63) is 24.4 Å². The molecule has 0 bridgehead atoms. The maximum Gasteiger partial charge on any atom is 0.214 e. The zero-order valence-electron chi connectivity index (χ0n) is 8.70. The van der Waals surface area contributed by atoms with Crippen molar-refractivity contribution < 1.29 is 8.42 Å². The summed E-state index contributed by atoms with van der Waals surface area (Å²) >= 11 is 0. The minimum atomic E-state index is -3.48. The number of sulfone groups is 1. The molecule has 2 rings (SSSR count). The van der Waals surface area contributed by atoms with Crippen LogP contribution in [0.25, 0.3) is 0 Å². The first kappa shape index (κ1) is 11.5. The zero-order valence-corrected chi connectivity index (χ0v) is 9.52. The fourth-order valence-corrected chi connectivity index (χ4v) is 3.19. The van der Waals surface area contributed by atoms with E-state index in [4.69, 9.17) is 5.84 Å². The molecule has 2 heterocycles. The molecule has 1 saturated heterocycles. The van der Waals surface area contributed by atoms with Gasteiger partial charge in [0.25, 0.3) is 0 Å². The summed E-state index contributed by atoms with van der Waals surface area (Å²) in [5.74, 6) is 5.69. The lowest BCUT2D eigenvalue weighted by molar-refractivity contribution is 0.215. The molecule has 1 aromatic heterocycles. The van der Waals surface area contributed by atoms with Gasteiger partial charge >= 0.3 is 0 Å². The second kappa shape index (κ2) is 4.46. The predicted octanol–water partition coefficient (Wildman–Crippen LogP) is -1.04. The van der Waals surface area contributed by atoms with Gasteiger partial charge < -0.3 is 5.32 Å². The van der Waals surface area contributed by atoms with Crippen molar-refractivity contribution in [1.82, 2.24) is 15.3 Å². The number of nitrogens with one attached hydrogen (secondary N) is 1. The molecule has 0 aromatic carbocycles. The van der Waals surface area contributed by atoms with Gasteiger partial charge in [0.1, 0.15) is 5.37 Å². The summed E-state index contributed by atoms with van der Waals surface area (Å²) in [6.07, 6.45) is 1.46. The van der Waals surface area contributed by atoms with Crippen LogP contribution in [-0.4, -0.2) is 43.4 Å². The molecule has 1 aromatic rings. The summed E-state index contributed by atoms with van der Waals surface area (Å²) in [7, 11) is -3.48. The summed E-state index contributed by atoms with van der Waals surface area (Å²) in [6, 6.07) is 4.81. The second-order valence-corrected chi connectivity index (χ2v) is 5.66. The molecule has 0 saturated carbocycles. The van der Waals surface area contributed by atoms with E-state index in [1.54, 1.807) is 12.1 Å². The first-order valence-corrected chi connectivity index (χ1v) is 6.54. The Morgan fingerprint density at radius 3 is 2.94 bits per heavy atom. The Hall–Kier alpha value is -1.02. The highest BCUT2D eigenvalue weighted by atomic mass is 32.2. The monoisotopic (exact) mass is 242 g/mol. The number of nitrogens with two attached hydrogens (primary N) is 1. The molecular weight excluding hydrogens is 228 g/mol. The molecule has 0 aliphatic carbocycles. The lowest BCUT2D eigenvalue weighted by Crippen LogP contribution is -2.57. The molecule has 0 amide bonds. The van der Waals surface area contributed by atoms with Crippen molar-refractivity contribution >= 4 is 9.84 Å². The van der Waals surface area contributed by atoms with Crippen molar-refractivity contribution in [2.24, 2.45) is 5.84 Å². The third-order valence-electron chi connectivity index (χ3n) is 2.52. The summed E-state index contributed by atoms with van der Waals surface area (Å²) in [4.78, 5) is 3.86. The van der Waals surface area contributed by atoms with Gasteiger partial charge in [0, 0.05) is 25.8 Å². The van der Waals surface area contributed by atoms with E-state index in [0.29, 0.717) is 19.6 Å². The molecule has 1 aliphatic heterocycles. The van der Waals surface area contributed by atoms with Crippen molar-refractivity contribution in [1.29, 1.82) is 0 Å². The lowest BCUT2D eigenvalue weighted by atomic mass is 10.4. The van der Waals surface area contributed by atoms with E-state index >= 15 is 0 Å². The molecule has 1 unspecified atom stereocenters. The van der Waals surface area contributed by atoms with Crippen LogP contribution in [0.15, 0.2) is 29.4 Å². The first-order chi connectivity index (χ1) is 7.62. The van der Waals surface area contributed by atoms with Gasteiger partial charge in [0.05, 0.1) is 0 Å². The van der Waals surface area contributed by atoms with E-state index < -0.39 is 15.2 Å². The molecule has 3 N–H and O–H groups in total. The normalized spacial score (nSPS) is 23.2. The number of nitrogens with zero attached hydrogens (tertiary/aromatic N) is 2. The lowest BCUT2D eigenvalue weighted by Gasteiger charge is -2.31. The van der Waals surface area contributed by atoms with Crippen molar-refractivity contribution in [3.8, 4) is 0 Å². The van der Waals surface area contributed by atoms with Crippen LogP contribution in [0.3, 0.4) is 0 Å². The fraction of sp³-hybridized carbons (Fsp3) is 0.444. The maximum atomic E-state index is 12.2. The van der Waals surface area contributed by atoms with Gasteiger partial charge in [-0.3, -0.25) is 5.84 Å². The Morgan fingerprint density at radius 2 is 2.31 bits per heavy atom. The van der Waals surface area contributed by atoms with Crippen molar-refractivity contribution in [2.75, 3.05) is 19.6 Å². The van der Waals surface area contributed by atoms with Gasteiger partial charge in [-0.2, -0.15) is 0 Å². The molecule has 88 valence electrons. The number of hydrogen-bond acceptors (Lipinski definition) is 6. The van der Waals surface area contributed by atoms with Crippen LogP contribution in [0.4, 0.5) is 0 Å². The Kier molecular flexibility index (Phi) is 3.20. The predicted molar refractivity (Wildman–Crippen MR) is 59.0 cm³/mol. The van der Waals surface area contributed by atoms with Crippen LogP contribution in [0.1, 0.15) is 0 Å². The van der Waals surface area contributed by atoms with Gasteiger partial charge in [0.2, 0.25) is 9.84 Å². The van der Waals surface area contributed by atoms with E-state index in [2.05, 4.69) is 10.3 Å². The molecular formula is C9H14N4O2S. The quantitative estimate of drug-likeness (QED) is 0.644. The average Bonchev–Trinajstić information content (AvgIpc) is 2.30. The molecule has 1 fully saturated rings. The largest absolute Gasteiger partial charge is 0.313 e. The molecule has 6 nitrogen and oxygen atoms in total. The molecule has 1 atom stereocenters. The smallest absolute Gasteiger partial charge is 0.214 e. The number of rotatable bonds is 2. The third kappa shape index (κ3) is 2.07. The first-order valence-electron chi connectivity index (χ1n) is 4.99. The number of aromatic nitrogens is 1. The Labute approximate surface area is 94.4 Å². The van der Waals surface area contributed by atoms with Gasteiger partial charge in [-0.05, 0) is 12.1 Å². The SMILES string of the molecule is NN1CCNCC1S(=O)(=O)c1ccccn1. The van der Waals surface area contributed by atoms with Crippen LogP contribution in [0.5, 0.6) is 0 Å².